The zero-order chi connectivity index (χ0) is 6.32. The first-order valence-electron chi connectivity index (χ1n) is 3.38. The third-order valence-electron chi connectivity index (χ3n) is 2.21. The van der Waals surface area contributed by atoms with E-state index in [1.54, 1.807) is 0 Å². The molecule has 3 heteroatoms. The number of carbonyl (C=O) groups is 1. The summed E-state index contributed by atoms with van der Waals surface area (Å²) in [6.07, 6.45) is 2.59. The van der Waals surface area contributed by atoms with E-state index >= 15 is 0 Å². The summed E-state index contributed by atoms with van der Waals surface area (Å²) in [5.74, 6) is 3.48. The summed E-state index contributed by atoms with van der Waals surface area (Å²) in [5.41, 5.74) is 0. The second kappa shape index (κ2) is 1.66. The molecule has 0 aromatic rings. The van der Waals surface area contributed by atoms with Crippen LogP contribution in [0.2, 0.25) is 0 Å². The van der Waals surface area contributed by atoms with Crippen LogP contribution >= 0.6 is 10.0 Å². The highest BCUT2D eigenvalue weighted by Gasteiger charge is 2.42. The van der Waals surface area contributed by atoms with E-state index in [-0.39, 0.29) is 0 Å². The van der Waals surface area contributed by atoms with Crippen molar-refractivity contribution >= 4 is 15.3 Å². The van der Waals surface area contributed by atoms with Gasteiger partial charge in [-0.2, -0.15) is 0 Å². The average Bonchev–Trinajstić information content (AvgIpc) is 2.34. The van der Waals surface area contributed by atoms with Gasteiger partial charge in [0.15, 0.2) is 0 Å². The van der Waals surface area contributed by atoms with Crippen LogP contribution in [0, 0.1) is 0 Å². The van der Waals surface area contributed by atoms with Crippen LogP contribution in [0.25, 0.3) is 0 Å². The summed E-state index contributed by atoms with van der Waals surface area (Å²) in [7, 11) is -0.690. The molecule has 2 saturated heterocycles. The van der Waals surface area contributed by atoms with Crippen LogP contribution in [0.1, 0.15) is 12.8 Å². The lowest BCUT2D eigenvalue weighted by molar-refractivity contribution is 0.258. The molecule has 9 heavy (non-hydrogen) atoms. The van der Waals surface area contributed by atoms with Crippen molar-refractivity contribution in [2.24, 2.45) is 0 Å². The first-order valence-corrected chi connectivity index (χ1v) is 5.52. The largest absolute Gasteiger partial charge is 0.340 e. The Morgan fingerprint density at radius 2 is 2.00 bits per heavy atom. The highest BCUT2D eigenvalue weighted by molar-refractivity contribution is 8.46. The maximum atomic E-state index is 11.0. The molecule has 0 atom stereocenters. The molecule has 2 fully saturated rings. The summed E-state index contributed by atoms with van der Waals surface area (Å²) in [6, 6.07) is 0. The Labute approximate surface area is 56.3 Å². The number of nitrogens with one attached hydrogen (secondary N) is 1. The van der Waals surface area contributed by atoms with Gasteiger partial charge in [-0.1, -0.05) is 0 Å². The van der Waals surface area contributed by atoms with Crippen molar-refractivity contribution in [1.29, 1.82) is 0 Å². The van der Waals surface area contributed by atoms with Crippen molar-refractivity contribution in [3.05, 3.63) is 0 Å². The fraction of sp³-hybridized carbons (Fsp3) is 0.833. The molecule has 1 amide bonds. The maximum Gasteiger partial charge on any atom is 0.263 e. The molecule has 1 N–H and O–H groups in total. The van der Waals surface area contributed by atoms with E-state index in [4.69, 9.17) is 0 Å². The summed E-state index contributed by atoms with van der Waals surface area (Å²) in [5, 5.41) is 3.23. The topological polar surface area (TPSA) is 29.1 Å². The minimum absolute atomic E-state index is 0.389. The maximum absolute atomic E-state index is 11.0. The van der Waals surface area contributed by atoms with Crippen LogP contribution in [-0.4, -0.2) is 22.6 Å². The lowest BCUT2D eigenvalue weighted by Crippen LogP contribution is -2.45. The molecule has 2 aliphatic heterocycles. The van der Waals surface area contributed by atoms with Gasteiger partial charge in [-0.15, -0.1) is 10.0 Å². The lowest BCUT2D eigenvalue weighted by atomic mass is 10.4. The van der Waals surface area contributed by atoms with E-state index < -0.39 is 10.0 Å². The smallest absolute Gasteiger partial charge is 0.263 e. The van der Waals surface area contributed by atoms with Gasteiger partial charge in [-0.3, -0.25) is 4.79 Å². The van der Waals surface area contributed by atoms with Gasteiger partial charge in [0.25, 0.3) is 5.24 Å². The quantitative estimate of drug-likeness (QED) is 0.546. The molecule has 2 nitrogen and oxygen atoms in total. The van der Waals surface area contributed by atoms with Crippen molar-refractivity contribution in [3.63, 3.8) is 0 Å². The molecule has 0 radical (unpaired) electrons. The number of carbonyl (C=O) groups excluding carboxylic acids is 1. The minimum atomic E-state index is -0.690. The molecule has 0 aliphatic carbocycles. The number of amides is 1. The van der Waals surface area contributed by atoms with Crippen LogP contribution in [-0.2, 0) is 0 Å². The van der Waals surface area contributed by atoms with Crippen molar-refractivity contribution in [2.45, 2.75) is 12.8 Å². The minimum Gasteiger partial charge on any atom is -0.340 e. The zero-order valence-electron chi connectivity index (χ0n) is 5.35. The van der Waals surface area contributed by atoms with Crippen molar-refractivity contribution in [2.75, 3.05) is 17.4 Å². The van der Waals surface area contributed by atoms with E-state index in [9.17, 15) is 4.79 Å². The Kier molecular flexibility index (Phi) is 1.03. The standard InChI is InChI=1S/C6H11NOS/c8-6-7-5-9(6)3-1-2-4-9/h1-5H2,(H,7,8). The van der Waals surface area contributed by atoms with E-state index in [1.807, 2.05) is 0 Å². The van der Waals surface area contributed by atoms with E-state index in [1.165, 1.54) is 24.3 Å². The average molecular weight is 145 g/mol. The zero-order valence-corrected chi connectivity index (χ0v) is 6.17. The number of hydrogen-bond donors (Lipinski definition) is 1. The van der Waals surface area contributed by atoms with Gasteiger partial charge in [0.1, 0.15) is 0 Å². The third-order valence-corrected chi connectivity index (χ3v) is 5.97. The third kappa shape index (κ3) is 0.611. The van der Waals surface area contributed by atoms with Gasteiger partial charge in [-0.05, 0) is 24.3 Å². The Hall–Kier alpha value is -0.180. The Morgan fingerprint density at radius 1 is 1.33 bits per heavy atom. The molecule has 0 aromatic carbocycles. The SMILES string of the molecule is O=C1NCS12CCCC2. The van der Waals surface area contributed by atoms with Gasteiger partial charge in [-0.25, -0.2) is 0 Å². The summed E-state index contributed by atoms with van der Waals surface area (Å²) in [4.78, 5) is 11.0. The van der Waals surface area contributed by atoms with E-state index in [0.29, 0.717) is 5.24 Å². The summed E-state index contributed by atoms with van der Waals surface area (Å²) < 4.78 is 0. The van der Waals surface area contributed by atoms with Gasteiger partial charge in [0.2, 0.25) is 0 Å². The van der Waals surface area contributed by atoms with Gasteiger partial charge < -0.3 is 5.32 Å². The fourth-order valence-electron chi connectivity index (χ4n) is 1.52. The molecule has 1 spiro atoms. The number of hydrogen-bond acceptors (Lipinski definition) is 1. The first kappa shape index (κ1) is 5.59. The molecule has 0 unspecified atom stereocenters. The van der Waals surface area contributed by atoms with Crippen LogP contribution in [0.5, 0.6) is 0 Å². The molecule has 52 valence electrons. The lowest BCUT2D eigenvalue weighted by Gasteiger charge is -2.42. The van der Waals surface area contributed by atoms with Crippen molar-refractivity contribution in [3.8, 4) is 0 Å². The van der Waals surface area contributed by atoms with Crippen molar-refractivity contribution < 1.29 is 4.79 Å². The van der Waals surface area contributed by atoms with Gasteiger partial charge in [0.05, 0.1) is 5.88 Å². The van der Waals surface area contributed by atoms with Gasteiger partial charge in [0, 0.05) is 0 Å². The van der Waals surface area contributed by atoms with Crippen LogP contribution in [0.15, 0.2) is 0 Å². The summed E-state index contributed by atoms with van der Waals surface area (Å²) >= 11 is 0. The highest BCUT2D eigenvalue weighted by atomic mass is 32.3. The molecule has 0 saturated carbocycles. The second-order valence-electron chi connectivity index (χ2n) is 2.77. The second-order valence-corrected chi connectivity index (χ2v) is 6.34. The van der Waals surface area contributed by atoms with E-state index in [0.717, 1.165) is 5.88 Å². The fourth-order valence-corrected chi connectivity index (χ4v) is 4.57. The molecular weight excluding hydrogens is 134 g/mol. The first-order chi connectivity index (χ1) is 4.33. The van der Waals surface area contributed by atoms with E-state index in [2.05, 4.69) is 5.32 Å². The number of rotatable bonds is 0. The molecule has 0 aromatic heterocycles. The molecule has 2 aliphatic rings. The molecule has 2 rings (SSSR count). The van der Waals surface area contributed by atoms with Crippen LogP contribution in [0.3, 0.4) is 0 Å². The highest BCUT2D eigenvalue weighted by Crippen LogP contribution is 2.58. The monoisotopic (exact) mass is 145 g/mol. The van der Waals surface area contributed by atoms with Crippen molar-refractivity contribution in [1.82, 2.24) is 5.32 Å². The molecular formula is C6H11NOS. The Bertz CT molecular complexity index is 151. The normalized spacial score (nSPS) is 33.6. The Morgan fingerprint density at radius 3 is 2.22 bits per heavy atom. The Balaban J connectivity index is 2.14. The molecule has 2 heterocycles. The summed E-state index contributed by atoms with van der Waals surface area (Å²) in [6.45, 7) is 0. The predicted molar refractivity (Wildman–Crippen MR) is 40.0 cm³/mol. The molecule has 0 bridgehead atoms. The van der Waals surface area contributed by atoms with Gasteiger partial charge >= 0.3 is 0 Å². The predicted octanol–water partition coefficient (Wildman–Crippen LogP) is 1.27. The van der Waals surface area contributed by atoms with Crippen LogP contribution < -0.4 is 5.32 Å². The van der Waals surface area contributed by atoms with Crippen LogP contribution in [0.4, 0.5) is 4.79 Å².